The zero-order chi connectivity index (χ0) is 30.9. The van der Waals surface area contributed by atoms with Crippen LogP contribution in [0.2, 0.25) is 0 Å². The second kappa shape index (κ2) is 14.3. The summed E-state index contributed by atoms with van der Waals surface area (Å²) in [4.78, 5) is 37.7. The lowest BCUT2D eigenvalue weighted by molar-refractivity contribution is -0.385. The van der Waals surface area contributed by atoms with E-state index in [1.165, 1.54) is 19.4 Å². The van der Waals surface area contributed by atoms with Gasteiger partial charge in [-0.1, -0.05) is 6.07 Å². The molecule has 0 radical (unpaired) electrons. The molecule has 2 heterocycles. The van der Waals surface area contributed by atoms with Crippen molar-refractivity contribution in [1.82, 2.24) is 16.1 Å². The number of carbonyl (C=O) groups excluding carboxylic acids is 2. The van der Waals surface area contributed by atoms with Gasteiger partial charge in [-0.15, -0.1) is 0 Å². The minimum atomic E-state index is -1.27. The van der Waals surface area contributed by atoms with Crippen molar-refractivity contribution in [2.45, 2.75) is 26.1 Å². The number of morpholine rings is 1. The molecule has 2 atom stereocenters. The van der Waals surface area contributed by atoms with Gasteiger partial charge < -0.3 is 39.6 Å². The first-order chi connectivity index (χ1) is 20.7. The maximum Gasteiger partial charge on any atom is 0.337 e. The Bertz CT molecular complexity index is 1410. The first-order valence-electron chi connectivity index (χ1n) is 13.6. The van der Waals surface area contributed by atoms with E-state index in [1.807, 2.05) is 0 Å². The third-order valence-electron chi connectivity index (χ3n) is 6.68. The number of rotatable bonds is 12. The van der Waals surface area contributed by atoms with Crippen molar-refractivity contribution in [2.75, 3.05) is 51.5 Å². The van der Waals surface area contributed by atoms with Gasteiger partial charge in [-0.3, -0.25) is 15.5 Å². The first kappa shape index (κ1) is 31.1. The number of nitro groups is 1. The summed E-state index contributed by atoms with van der Waals surface area (Å²) in [7, 11) is 1.26. The highest BCUT2D eigenvalue weighted by molar-refractivity contribution is 5.95. The molecule has 4 rings (SSSR count). The van der Waals surface area contributed by atoms with Crippen molar-refractivity contribution in [3.63, 3.8) is 0 Å². The first-order valence-corrected chi connectivity index (χ1v) is 13.6. The third kappa shape index (κ3) is 7.69. The van der Waals surface area contributed by atoms with Gasteiger partial charge in [0.25, 0.3) is 5.69 Å². The summed E-state index contributed by atoms with van der Waals surface area (Å²) in [6.45, 7) is 5.92. The van der Waals surface area contributed by atoms with Gasteiger partial charge in [0.05, 0.1) is 55.2 Å². The fourth-order valence-electron chi connectivity index (χ4n) is 4.64. The van der Waals surface area contributed by atoms with E-state index in [2.05, 4.69) is 26.1 Å². The number of anilines is 1. The molecule has 230 valence electrons. The van der Waals surface area contributed by atoms with Crippen LogP contribution in [-0.2, 0) is 14.3 Å². The average molecular weight is 599 g/mol. The van der Waals surface area contributed by atoms with Gasteiger partial charge in [0.15, 0.2) is 17.7 Å². The van der Waals surface area contributed by atoms with Crippen molar-refractivity contribution in [3.05, 3.63) is 68.9 Å². The van der Waals surface area contributed by atoms with Gasteiger partial charge in [-0.25, -0.2) is 9.59 Å². The smallest absolute Gasteiger partial charge is 0.337 e. The highest BCUT2D eigenvalue weighted by Gasteiger charge is 2.32. The number of nitrogens with one attached hydrogen (secondary N) is 3. The number of hydrogen-bond donors (Lipinski definition) is 4. The highest BCUT2D eigenvalue weighted by Crippen LogP contribution is 2.35. The Hall–Kier alpha value is -4.89. The van der Waals surface area contributed by atoms with Crippen LogP contribution >= 0.6 is 0 Å². The summed E-state index contributed by atoms with van der Waals surface area (Å²) in [5.74, 6) is 0.0203. The third-order valence-corrected chi connectivity index (χ3v) is 6.68. The minimum Gasteiger partial charge on any atom is -0.490 e. The van der Waals surface area contributed by atoms with E-state index in [9.17, 15) is 24.8 Å². The summed E-state index contributed by atoms with van der Waals surface area (Å²) in [5.41, 5.74) is 4.61. The molecular formula is C28H34N6O9. The summed E-state index contributed by atoms with van der Waals surface area (Å²) in [6.07, 6.45) is 0.0000656. The molecule has 1 fully saturated rings. The Morgan fingerprint density at radius 1 is 1.26 bits per heavy atom. The van der Waals surface area contributed by atoms with Crippen LogP contribution < -0.4 is 30.4 Å². The van der Waals surface area contributed by atoms with Gasteiger partial charge in [0.2, 0.25) is 0 Å². The predicted molar refractivity (Wildman–Crippen MR) is 155 cm³/mol. The van der Waals surface area contributed by atoms with Gasteiger partial charge >= 0.3 is 12.0 Å². The molecule has 1 saturated heterocycles. The number of carbonyl (C=O) groups is 2. The van der Waals surface area contributed by atoms with Gasteiger partial charge in [0.1, 0.15) is 6.61 Å². The Labute approximate surface area is 247 Å². The van der Waals surface area contributed by atoms with Crippen LogP contribution in [0.5, 0.6) is 11.5 Å². The van der Waals surface area contributed by atoms with E-state index in [-0.39, 0.29) is 23.4 Å². The van der Waals surface area contributed by atoms with Crippen LogP contribution in [0, 0.1) is 10.1 Å². The number of amides is 2. The van der Waals surface area contributed by atoms with Crippen molar-refractivity contribution in [1.29, 1.82) is 0 Å². The lowest BCUT2D eigenvalue weighted by Crippen LogP contribution is -2.45. The quantitative estimate of drug-likeness (QED) is 0.0920. The Morgan fingerprint density at radius 3 is 2.72 bits per heavy atom. The van der Waals surface area contributed by atoms with E-state index in [0.717, 1.165) is 5.69 Å². The molecule has 0 aromatic heterocycles. The number of benzene rings is 2. The van der Waals surface area contributed by atoms with E-state index in [0.29, 0.717) is 55.7 Å². The Morgan fingerprint density at radius 2 is 2.02 bits per heavy atom. The number of ether oxygens (including phenoxy) is 4. The highest BCUT2D eigenvalue weighted by atomic mass is 16.6. The summed E-state index contributed by atoms with van der Waals surface area (Å²) < 4.78 is 21.7. The van der Waals surface area contributed by atoms with Crippen LogP contribution in [-0.4, -0.2) is 81.1 Å². The number of nitro benzene ring substituents is 1. The normalized spacial score (nSPS) is 17.6. The summed E-state index contributed by atoms with van der Waals surface area (Å²) in [6, 6.07) is 8.39. The number of esters is 1. The molecule has 2 aliphatic rings. The van der Waals surface area contributed by atoms with Crippen molar-refractivity contribution in [3.8, 4) is 11.5 Å². The summed E-state index contributed by atoms with van der Waals surface area (Å²) >= 11 is 0. The molecule has 0 spiro atoms. The van der Waals surface area contributed by atoms with Crippen LogP contribution in [0.1, 0.15) is 31.0 Å². The maximum absolute atomic E-state index is 12.4. The van der Waals surface area contributed by atoms with Crippen LogP contribution in [0.3, 0.4) is 0 Å². The molecule has 15 heteroatoms. The van der Waals surface area contributed by atoms with E-state index in [1.54, 1.807) is 44.2 Å². The van der Waals surface area contributed by atoms with E-state index >= 15 is 0 Å². The number of hydrazone groups is 1. The number of methoxy groups -OCH3 is 1. The molecule has 2 aliphatic heterocycles. The maximum atomic E-state index is 12.4. The zero-order valence-corrected chi connectivity index (χ0v) is 24.0. The largest absolute Gasteiger partial charge is 0.490 e. The monoisotopic (exact) mass is 598 g/mol. The van der Waals surface area contributed by atoms with E-state index in [4.69, 9.17) is 18.9 Å². The lowest BCUT2D eigenvalue weighted by atomic mass is 9.95. The standard InChI is InChI=1S/C28H34N6O9/c1-4-42-23-14-18(26-25(27(36)40-3)17(2)30-28(37)31-26)5-8-22(23)43-16-24(35)32-29-15-19-13-20(6-7-21(19)34(38)39)33-9-11-41-12-10-33/h5-8,13-15,24,26,32,35H,4,9-12,16H2,1-3H3,(H2,30,31,37)/b29-15-/t24-,26-/m1/s1. The topological polar surface area (TPSA) is 186 Å². The van der Waals surface area contributed by atoms with E-state index < -0.39 is 29.2 Å². The minimum absolute atomic E-state index is 0.125. The van der Waals surface area contributed by atoms with Crippen LogP contribution in [0.25, 0.3) is 0 Å². The Kier molecular flexibility index (Phi) is 10.3. The van der Waals surface area contributed by atoms with Crippen LogP contribution in [0.4, 0.5) is 16.2 Å². The van der Waals surface area contributed by atoms with Gasteiger partial charge in [0, 0.05) is 30.5 Å². The SMILES string of the molecule is CCOc1cc([C@H]2NC(=O)NC(C)=C2C(=O)OC)ccc1OC[C@@H](O)N/N=C\c1cc(N2CCOCC2)ccc1[N+](=O)[O-]. The molecule has 4 N–H and O–H groups in total. The number of aliphatic hydroxyl groups excluding tert-OH is 1. The van der Waals surface area contributed by atoms with Gasteiger partial charge in [-0.2, -0.15) is 5.10 Å². The molecule has 2 amide bonds. The predicted octanol–water partition coefficient (Wildman–Crippen LogP) is 1.95. The average Bonchev–Trinajstić information content (AvgIpc) is 3.00. The number of hydrogen-bond acceptors (Lipinski definition) is 12. The molecule has 0 aliphatic carbocycles. The second-order valence-corrected chi connectivity index (χ2v) is 9.51. The zero-order valence-electron chi connectivity index (χ0n) is 24.0. The Balaban J connectivity index is 1.44. The summed E-state index contributed by atoms with van der Waals surface area (Å²) in [5, 5.41) is 31.2. The number of urea groups is 1. The number of allylic oxidation sites excluding steroid dienone is 1. The molecule has 2 aromatic rings. The number of aliphatic hydroxyl groups is 1. The molecule has 0 bridgehead atoms. The van der Waals surface area contributed by atoms with Crippen molar-refractivity contribution in [2.24, 2.45) is 5.10 Å². The molecule has 2 aromatic carbocycles. The van der Waals surface area contributed by atoms with Gasteiger partial charge in [-0.05, 0) is 43.7 Å². The van der Waals surface area contributed by atoms with Crippen LogP contribution in [0.15, 0.2) is 52.8 Å². The fraction of sp³-hybridized carbons (Fsp3) is 0.393. The van der Waals surface area contributed by atoms with Crippen molar-refractivity contribution >= 4 is 29.6 Å². The lowest BCUT2D eigenvalue weighted by Gasteiger charge is -2.28. The molecule has 43 heavy (non-hydrogen) atoms. The van der Waals surface area contributed by atoms with Crippen molar-refractivity contribution < 1.29 is 38.6 Å². The fourth-order valence-corrected chi connectivity index (χ4v) is 4.64. The molecule has 0 unspecified atom stereocenters. The molecule has 15 nitrogen and oxygen atoms in total. The number of nitrogens with zero attached hydrogens (tertiary/aromatic N) is 3. The molecule has 0 saturated carbocycles. The molecular weight excluding hydrogens is 564 g/mol. The second-order valence-electron chi connectivity index (χ2n) is 9.51.